The molecule has 1 aliphatic carbocycles. The summed E-state index contributed by atoms with van der Waals surface area (Å²) in [5.74, 6) is -0.721. The lowest BCUT2D eigenvalue weighted by Crippen LogP contribution is -2.34. The van der Waals surface area contributed by atoms with Crippen molar-refractivity contribution in [2.75, 3.05) is 0 Å². The fourth-order valence-electron chi connectivity index (χ4n) is 2.29. The Balaban J connectivity index is 2.39. The predicted octanol–water partition coefficient (Wildman–Crippen LogP) is 1.68. The van der Waals surface area contributed by atoms with E-state index in [0.29, 0.717) is 0 Å². The summed E-state index contributed by atoms with van der Waals surface area (Å²) in [6, 6.07) is 3.70. The molecular formula is C12H15FN2O2S2. The van der Waals surface area contributed by atoms with E-state index in [1.165, 1.54) is 12.1 Å². The first-order valence-electron chi connectivity index (χ1n) is 6.02. The topological polar surface area (TPSA) is 72.2 Å². The lowest BCUT2D eigenvalue weighted by Gasteiger charge is -2.15. The van der Waals surface area contributed by atoms with Gasteiger partial charge in [0.05, 0.1) is 10.5 Å². The third kappa shape index (κ3) is 3.10. The SMILES string of the molecule is NC(=S)c1c(F)cccc1S(=O)(=O)NC1CCCC1. The van der Waals surface area contributed by atoms with Gasteiger partial charge < -0.3 is 5.73 Å². The molecule has 0 spiro atoms. The molecule has 1 aromatic rings. The molecule has 0 aromatic heterocycles. The van der Waals surface area contributed by atoms with Crippen molar-refractivity contribution in [1.29, 1.82) is 0 Å². The van der Waals surface area contributed by atoms with Crippen molar-refractivity contribution in [3.8, 4) is 0 Å². The minimum atomic E-state index is -3.80. The molecule has 19 heavy (non-hydrogen) atoms. The van der Waals surface area contributed by atoms with Crippen LogP contribution in [0.5, 0.6) is 0 Å². The molecule has 1 saturated carbocycles. The van der Waals surface area contributed by atoms with Crippen molar-refractivity contribution in [3.63, 3.8) is 0 Å². The lowest BCUT2D eigenvalue weighted by molar-refractivity contribution is 0.549. The van der Waals surface area contributed by atoms with Crippen LogP contribution in [0.4, 0.5) is 4.39 Å². The summed E-state index contributed by atoms with van der Waals surface area (Å²) in [5, 5.41) is 0. The highest BCUT2D eigenvalue weighted by Gasteiger charge is 2.26. The molecule has 0 aliphatic heterocycles. The molecule has 0 amide bonds. The second kappa shape index (κ2) is 5.52. The molecule has 2 rings (SSSR count). The quantitative estimate of drug-likeness (QED) is 0.830. The maximum atomic E-state index is 13.7. The maximum absolute atomic E-state index is 13.7. The summed E-state index contributed by atoms with van der Waals surface area (Å²) in [6.07, 6.45) is 3.60. The van der Waals surface area contributed by atoms with Gasteiger partial charge in [0.15, 0.2) is 0 Å². The summed E-state index contributed by atoms with van der Waals surface area (Å²) >= 11 is 4.73. The molecular weight excluding hydrogens is 287 g/mol. The molecule has 3 N–H and O–H groups in total. The predicted molar refractivity (Wildman–Crippen MR) is 74.9 cm³/mol. The summed E-state index contributed by atoms with van der Waals surface area (Å²) in [7, 11) is -3.80. The first-order chi connectivity index (χ1) is 8.92. The van der Waals surface area contributed by atoms with Gasteiger partial charge in [-0.3, -0.25) is 0 Å². The normalized spacial score (nSPS) is 16.7. The molecule has 7 heteroatoms. The number of hydrogen-bond donors (Lipinski definition) is 2. The third-order valence-electron chi connectivity index (χ3n) is 3.19. The van der Waals surface area contributed by atoms with Gasteiger partial charge in [-0.2, -0.15) is 0 Å². The zero-order valence-corrected chi connectivity index (χ0v) is 11.9. The van der Waals surface area contributed by atoms with Crippen LogP contribution in [0.2, 0.25) is 0 Å². The van der Waals surface area contributed by atoms with E-state index >= 15 is 0 Å². The van der Waals surface area contributed by atoms with Crippen molar-refractivity contribution in [3.05, 3.63) is 29.6 Å². The Bertz CT molecular complexity index is 596. The smallest absolute Gasteiger partial charge is 0.241 e. The van der Waals surface area contributed by atoms with E-state index in [4.69, 9.17) is 18.0 Å². The Morgan fingerprint density at radius 2 is 2.00 bits per heavy atom. The van der Waals surface area contributed by atoms with Gasteiger partial charge in [0.25, 0.3) is 0 Å². The van der Waals surface area contributed by atoms with Gasteiger partial charge in [-0.25, -0.2) is 17.5 Å². The standard InChI is InChI=1S/C12H15FN2O2S2/c13-9-6-3-7-10(11(9)12(14)18)19(16,17)15-8-4-1-2-5-8/h3,6-8,15H,1-2,4-5H2,(H2,14,18). The first-order valence-corrected chi connectivity index (χ1v) is 7.91. The molecule has 0 heterocycles. The molecule has 0 saturated heterocycles. The fraction of sp³-hybridized carbons (Fsp3) is 0.417. The summed E-state index contributed by atoms with van der Waals surface area (Å²) in [5.41, 5.74) is 5.20. The molecule has 1 aromatic carbocycles. The second-order valence-electron chi connectivity index (χ2n) is 4.58. The summed E-state index contributed by atoms with van der Waals surface area (Å²) < 4.78 is 40.8. The number of hydrogen-bond acceptors (Lipinski definition) is 3. The van der Waals surface area contributed by atoms with Crippen LogP contribution < -0.4 is 10.5 Å². The van der Waals surface area contributed by atoms with Crippen LogP contribution in [0.3, 0.4) is 0 Å². The van der Waals surface area contributed by atoms with Crippen LogP contribution in [0.1, 0.15) is 31.2 Å². The van der Waals surface area contributed by atoms with Crippen molar-refractivity contribution in [2.24, 2.45) is 5.73 Å². The largest absolute Gasteiger partial charge is 0.389 e. The molecule has 0 radical (unpaired) electrons. The van der Waals surface area contributed by atoms with Gasteiger partial charge in [0.2, 0.25) is 10.0 Å². The number of nitrogens with two attached hydrogens (primary N) is 1. The number of rotatable bonds is 4. The Kier molecular flexibility index (Phi) is 4.17. The zero-order valence-electron chi connectivity index (χ0n) is 10.2. The zero-order chi connectivity index (χ0) is 14.0. The summed E-state index contributed by atoms with van der Waals surface area (Å²) in [6.45, 7) is 0. The molecule has 1 aliphatic rings. The lowest BCUT2D eigenvalue weighted by atomic mass is 10.2. The van der Waals surface area contributed by atoms with Crippen LogP contribution in [-0.4, -0.2) is 19.4 Å². The third-order valence-corrected chi connectivity index (χ3v) is 4.96. The Morgan fingerprint density at radius 3 is 2.58 bits per heavy atom. The highest BCUT2D eigenvalue weighted by molar-refractivity contribution is 7.89. The van der Waals surface area contributed by atoms with Crippen LogP contribution in [0.15, 0.2) is 23.1 Å². The molecule has 4 nitrogen and oxygen atoms in total. The average molecular weight is 302 g/mol. The molecule has 104 valence electrons. The number of halogens is 1. The highest BCUT2D eigenvalue weighted by Crippen LogP contribution is 2.23. The molecule has 0 bridgehead atoms. The van der Waals surface area contributed by atoms with Crippen molar-refractivity contribution in [2.45, 2.75) is 36.6 Å². The first kappa shape index (κ1) is 14.4. The van der Waals surface area contributed by atoms with Crippen LogP contribution in [0.25, 0.3) is 0 Å². The highest BCUT2D eigenvalue weighted by atomic mass is 32.2. The van der Waals surface area contributed by atoms with E-state index in [9.17, 15) is 12.8 Å². The number of thiocarbonyl (C=S) groups is 1. The van der Waals surface area contributed by atoms with Gasteiger partial charge in [0.1, 0.15) is 10.8 Å². The maximum Gasteiger partial charge on any atom is 0.241 e. The Morgan fingerprint density at radius 1 is 1.37 bits per heavy atom. The van der Waals surface area contributed by atoms with Crippen LogP contribution in [0, 0.1) is 5.82 Å². The minimum Gasteiger partial charge on any atom is -0.389 e. The summed E-state index contributed by atoms with van der Waals surface area (Å²) in [4.78, 5) is -0.447. The minimum absolute atomic E-state index is 0.0903. The van der Waals surface area contributed by atoms with Gasteiger partial charge in [-0.15, -0.1) is 0 Å². The van der Waals surface area contributed by atoms with E-state index in [1.807, 2.05) is 0 Å². The Labute approximate surface area is 117 Å². The van der Waals surface area contributed by atoms with E-state index in [-0.39, 0.29) is 21.5 Å². The van der Waals surface area contributed by atoms with Gasteiger partial charge in [-0.05, 0) is 25.0 Å². The second-order valence-corrected chi connectivity index (χ2v) is 6.70. The van der Waals surface area contributed by atoms with Gasteiger partial charge in [0, 0.05) is 6.04 Å². The van der Waals surface area contributed by atoms with E-state index in [2.05, 4.69) is 4.72 Å². The van der Waals surface area contributed by atoms with Crippen molar-refractivity contribution >= 4 is 27.2 Å². The van der Waals surface area contributed by atoms with Crippen LogP contribution in [-0.2, 0) is 10.0 Å². The Hall–Kier alpha value is -1.05. The van der Waals surface area contributed by atoms with Gasteiger partial charge in [-0.1, -0.05) is 31.1 Å². The van der Waals surface area contributed by atoms with E-state index in [1.54, 1.807) is 0 Å². The van der Waals surface area contributed by atoms with E-state index < -0.39 is 15.8 Å². The fourth-order valence-corrected chi connectivity index (χ4v) is 4.10. The number of benzene rings is 1. The number of sulfonamides is 1. The van der Waals surface area contributed by atoms with Crippen molar-refractivity contribution < 1.29 is 12.8 Å². The number of nitrogens with one attached hydrogen (secondary N) is 1. The van der Waals surface area contributed by atoms with Gasteiger partial charge >= 0.3 is 0 Å². The van der Waals surface area contributed by atoms with Crippen LogP contribution >= 0.6 is 12.2 Å². The average Bonchev–Trinajstić information content (AvgIpc) is 2.80. The van der Waals surface area contributed by atoms with E-state index in [0.717, 1.165) is 31.7 Å². The monoisotopic (exact) mass is 302 g/mol. The van der Waals surface area contributed by atoms with Crippen molar-refractivity contribution in [1.82, 2.24) is 4.72 Å². The molecule has 1 fully saturated rings. The molecule has 0 unspecified atom stereocenters. The molecule has 0 atom stereocenters.